The van der Waals surface area contributed by atoms with Crippen molar-refractivity contribution in [3.8, 4) is 17.0 Å². The molecule has 1 unspecified atom stereocenters. The highest BCUT2D eigenvalue weighted by Crippen LogP contribution is 2.24. The van der Waals surface area contributed by atoms with Gasteiger partial charge in [0.2, 0.25) is 0 Å². The molecule has 6 heteroatoms. The van der Waals surface area contributed by atoms with Crippen molar-refractivity contribution in [3.63, 3.8) is 0 Å². The minimum absolute atomic E-state index is 0.207. The molecule has 0 bridgehead atoms. The van der Waals surface area contributed by atoms with Gasteiger partial charge < -0.3 is 13.9 Å². The number of carbonyl (C=O) groups excluding carboxylic acids is 1. The predicted octanol–water partition coefficient (Wildman–Crippen LogP) is 3.14. The van der Waals surface area contributed by atoms with Crippen molar-refractivity contribution in [2.45, 2.75) is 12.8 Å². The van der Waals surface area contributed by atoms with Crippen LogP contribution in [0.5, 0.6) is 5.75 Å². The molecule has 2 aromatic carbocycles. The topological polar surface area (TPSA) is 78.6 Å². The molecule has 1 aromatic heterocycles. The molecular formula is C19H17NO5. The summed E-state index contributed by atoms with van der Waals surface area (Å²) in [5.74, 6) is -0.0946. The predicted molar refractivity (Wildman–Crippen MR) is 92.7 cm³/mol. The molecule has 0 aliphatic carbocycles. The van der Waals surface area contributed by atoms with Gasteiger partial charge >= 0.3 is 11.6 Å². The van der Waals surface area contributed by atoms with Gasteiger partial charge in [0.25, 0.3) is 0 Å². The second-order valence-corrected chi connectivity index (χ2v) is 5.55. The molecular weight excluding hydrogens is 322 g/mol. The standard InChI is InChI=1S/C19H17NO5/c1-11(18(21)24-3)13-6-9-16-15(10-13)20-17(19(22)25-16)12-4-7-14(23-2)8-5-12/h4-11H,1-3H3. The normalized spacial score (nSPS) is 12.0. The molecule has 1 heterocycles. The van der Waals surface area contributed by atoms with Crippen LogP contribution in [-0.4, -0.2) is 25.2 Å². The number of esters is 1. The lowest BCUT2D eigenvalue weighted by Gasteiger charge is -2.10. The van der Waals surface area contributed by atoms with Gasteiger partial charge in [0.05, 0.1) is 20.1 Å². The number of methoxy groups -OCH3 is 2. The van der Waals surface area contributed by atoms with E-state index in [0.29, 0.717) is 22.4 Å². The number of hydrogen-bond donors (Lipinski definition) is 0. The summed E-state index contributed by atoms with van der Waals surface area (Å²) in [4.78, 5) is 28.4. The molecule has 6 nitrogen and oxygen atoms in total. The van der Waals surface area contributed by atoms with Crippen molar-refractivity contribution >= 4 is 17.1 Å². The van der Waals surface area contributed by atoms with Gasteiger partial charge in [0.1, 0.15) is 11.3 Å². The maximum atomic E-state index is 12.2. The van der Waals surface area contributed by atoms with Gasteiger partial charge in [-0.1, -0.05) is 6.07 Å². The quantitative estimate of drug-likeness (QED) is 0.680. The van der Waals surface area contributed by atoms with Crippen LogP contribution >= 0.6 is 0 Å². The van der Waals surface area contributed by atoms with Gasteiger partial charge in [0, 0.05) is 5.56 Å². The van der Waals surface area contributed by atoms with E-state index in [1.165, 1.54) is 7.11 Å². The smallest absolute Gasteiger partial charge is 0.363 e. The lowest BCUT2D eigenvalue weighted by Crippen LogP contribution is -2.11. The Bertz CT molecular complexity index is 975. The second-order valence-electron chi connectivity index (χ2n) is 5.55. The molecule has 1 atom stereocenters. The van der Waals surface area contributed by atoms with Crippen molar-refractivity contribution in [2.75, 3.05) is 14.2 Å². The number of ether oxygens (including phenoxy) is 2. The molecule has 0 aliphatic heterocycles. The van der Waals surface area contributed by atoms with Crippen LogP contribution in [-0.2, 0) is 9.53 Å². The first-order chi connectivity index (χ1) is 12.0. The lowest BCUT2D eigenvalue weighted by molar-refractivity contribution is -0.141. The fourth-order valence-corrected chi connectivity index (χ4v) is 2.54. The van der Waals surface area contributed by atoms with E-state index in [-0.39, 0.29) is 11.7 Å². The van der Waals surface area contributed by atoms with Gasteiger partial charge in [-0.15, -0.1) is 0 Å². The first-order valence-electron chi connectivity index (χ1n) is 7.70. The molecule has 0 spiro atoms. The summed E-state index contributed by atoms with van der Waals surface area (Å²) in [6.45, 7) is 1.75. The summed E-state index contributed by atoms with van der Waals surface area (Å²) in [6, 6.07) is 12.1. The molecule has 0 N–H and O–H groups in total. The fourth-order valence-electron chi connectivity index (χ4n) is 2.54. The largest absolute Gasteiger partial charge is 0.497 e. The Hall–Kier alpha value is -3.15. The summed E-state index contributed by atoms with van der Waals surface area (Å²) < 4.78 is 15.2. The van der Waals surface area contributed by atoms with E-state index in [1.807, 2.05) is 0 Å². The van der Waals surface area contributed by atoms with Gasteiger partial charge in [-0.2, -0.15) is 0 Å². The summed E-state index contributed by atoms with van der Waals surface area (Å²) in [7, 11) is 2.92. The number of aromatic nitrogens is 1. The highest BCUT2D eigenvalue weighted by atomic mass is 16.5. The molecule has 0 radical (unpaired) electrons. The SMILES string of the molecule is COC(=O)C(C)c1ccc2oc(=O)c(-c3ccc(OC)cc3)nc2c1. The number of hydrogen-bond acceptors (Lipinski definition) is 6. The third-order valence-electron chi connectivity index (χ3n) is 4.03. The Kier molecular flexibility index (Phi) is 4.52. The molecule has 0 aliphatic rings. The van der Waals surface area contributed by atoms with Gasteiger partial charge in [-0.3, -0.25) is 4.79 Å². The Balaban J connectivity index is 2.09. The first kappa shape index (κ1) is 16.7. The third kappa shape index (κ3) is 3.24. The summed E-state index contributed by atoms with van der Waals surface area (Å²) >= 11 is 0. The number of carbonyl (C=O) groups is 1. The molecule has 0 fully saturated rings. The molecule has 25 heavy (non-hydrogen) atoms. The molecule has 0 saturated carbocycles. The lowest BCUT2D eigenvalue weighted by atomic mass is 10.0. The highest BCUT2D eigenvalue weighted by Gasteiger charge is 2.17. The van der Waals surface area contributed by atoms with Crippen LogP contribution in [0.15, 0.2) is 51.7 Å². The Labute approximate surface area is 144 Å². The summed E-state index contributed by atoms with van der Waals surface area (Å²) in [5.41, 5.74) is 1.91. The van der Waals surface area contributed by atoms with E-state index < -0.39 is 11.5 Å². The average Bonchev–Trinajstić information content (AvgIpc) is 2.66. The Morgan fingerprint density at radius 3 is 2.48 bits per heavy atom. The second kappa shape index (κ2) is 6.76. The van der Waals surface area contributed by atoms with Crippen molar-refractivity contribution in [1.82, 2.24) is 4.98 Å². The zero-order valence-electron chi connectivity index (χ0n) is 14.1. The van der Waals surface area contributed by atoms with Crippen LogP contribution in [0.4, 0.5) is 0 Å². The average molecular weight is 339 g/mol. The van der Waals surface area contributed by atoms with Gasteiger partial charge in [0.15, 0.2) is 11.3 Å². The highest BCUT2D eigenvalue weighted by molar-refractivity contribution is 5.81. The Morgan fingerprint density at radius 2 is 1.84 bits per heavy atom. The van der Waals surface area contributed by atoms with Crippen molar-refractivity contribution in [3.05, 3.63) is 58.4 Å². The van der Waals surface area contributed by atoms with Crippen molar-refractivity contribution in [1.29, 1.82) is 0 Å². The van der Waals surface area contributed by atoms with Crippen LogP contribution in [0.1, 0.15) is 18.4 Å². The number of nitrogens with zero attached hydrogens (tertiary/aromatic N) is 1. The van der Waals surface area contributed by atoms with Gasteiger partial charge in [-0.05, 0) is 48.9 Å². The molecule has 3 aromatic rings. The van der Waals surface area contributed by atoms with Crippen molar-refractivity contribution < 1.29 is 18.7 Å². The summed E-state index contributed by atoms with van der Waals surface area (Å²) in [6.07, 6.45) is 0. The zero-order chi connectivity index (χ0) is 18.0. The van der Waals surface area contributed by atoms with Gasteiger partial charge in [-0.25, -0.2) is 9.78 Å². The number of fused-ring (bicyclic) bond motifs is 1. The molecule has 0 amide bonds. The zero-order valence-corrected chi connectivity index (χ0v) is 14.1. The van der Waals surface area contributed by atoms with Crippen molar-refractivity contribution in [2.24, 2.45) is 0 Å². The van der Waals surface area contributed by atoms with Crippen LogP contribution in [0.25, 0.3) is 22.4 Å². The van der Waals surface area contributed by atoms with Crippen LogP contribution < -0.4 is 10.4 Å². The van der Waals surface area contributed by atoms with E-state index >= 15 is 0 Å². The first-order valence-corrected chi connectivity index (χ1v) is 7.70. The Morgan fingerprint density at radius 1 is 1.12 bits per heavy atom. The monoisotopic (exact) mass is 339 g/mol. The molecule has 3 rings (SSSR count). The fraction of sp³-hybridized carbons (Fsp3) is 0.211. The number of benzene rings is 2. The molecule has 0 saturated heterocycles. The third-order valence-corrected chi connectivity index (χ3v) is 4.03. The van der Waals surface area contributed by atoms with Crippen LogP contribution in [0, 0.1) is 0 Å². The van der Waals surface area contributed by atoms with E-state index in [4.69, 9.17) is 13.9 Å². The molecule has 128 valence electrons. The van der Waals surface area contributed by atoms with Crippen LogP contribution in [0.3, 0.4) is 0 Å². The van der Waals surface area contributed by atoms with E-state index in [2.05, 4.69) is 4.98 Å². The van der Waals surface area contributed by atoms with E-state index in [1.54, 1.807) is 56.5 Å². The van der Waals surface area contributed by atoms with E-state index in [9.17, 15) is 9.59 Å². The number of rotatable bonds is 4. The summed E-state index contributed by atoms with van der Waals surface area (Å²) in [5, 5.41) is 0. The minimum Gasteiger partial charge on any atom is -0.497 e. The minimum atomic E-state index is -0.522. The van der Waals surface area contributed by atoms with E-state index in [0.717, 1.165) is 5.56 Å². The maximum Gasteiger partial charge on any atom is 0.363 e. The van der Waals surface area contributed by atoms with Crippen LogP contribution in [0.2, 0.25) is 0 Å². The maximum absolute atomic E-state index is 12.2.